The number of aryl methyl sites for hydroxylation is 1. The molecule has 0 saturated heterocycles. The van der Waals surface area contributed by atoms with Gasteiger partial charge in [0.05, 0.1) is 29.0 Å². The van der Waals surface area contributed by atoms with Gasteiger partial charge < -0.3 is 23.5 Å². The van der Waals surface area contributed by atoms with Crippen LogP contribution in [0.5, 0.6) is 11.5 Å². The highest BCUT2D eigenvalue weighted by atomic mass is 16.7. The number of fused-ring (bicyclic) bond motifs is 6. The molecule has 0 bridgehead atoms. The van der Waals surface area contributed by atoms with Crippen molar-refractivity contribution >= 4 is 16.9 Å². The quantitative estimate of drug-likeness (QED) is 0.458. The zero-order valence-electron chi connectivity index (χ0n) is 18.1. The standard InChI is InChI=1S/C24H22N2O6/c1-4-12-13-6-19-20(32-11-31-19)8-17(13)25-21-14(12)9-26-18(21)7-16-15(22(26)27)10-30-23(28)24(16,5-2)29-3/h6-8H,4-5,9-11H2,1-3H3. The molecule has 164 valence electrons. The number of benzene rings is 1. The van der Waals surface area contributed by atoms with Gasteiger partial charge in [-0.15, -0.1) is 0 Å². The fraction of sp³-hybridized carbons (Fsp3) is 0.375. The van der Waals surface area contributed by atoms with Gasteiger partial charge in [0, 0.05) is 29.7 Å². The Morgan fingerprint density at radius 1 is 1.09 bits per heavy atom. The minimum Gasteiger partial charge on any atom is -0.458 e. The van der Waals surface area contributed by atoms with Gasteiger partial charge in [-0.05, 0) is 30.5 Å². The zero-order chi connectivity index (χ0) is 22.2. The number of ether oxygens (including phenoxy) is 4. The number of methoxy groups -OCH3 is 1. The van der Waals surface area contributed by atoms with Crippen molar-refractivity contribution in [1.82, 2.24) is 9.55 Å². The molecule has 0 saturated carbocycles. The number of carbonyl (C=O) groups is 1. The first kappa shape index (κ1) is 19.3. The van der Waals surface area contributed by atoms with Gasteiger partial charge in [-0.1, -0.05) is 13.8 Å². The van der Waals surface area contributed by atoms with E-state index in [2.05, 4.69) is 6.92 Å². The second-order valence-corrected chi connectivity index (χ2v) is 8.27. The first-order valence-corrected chi connectivity index (χ1v) is 10.8. The van der Waals surface area contributed by atoms with Crippen LogP contribution in [0.3, 0.4) is 0 Å². The molecule has 5 heterocycles. The maximum Gasteiger partial charge on any atom is 0.343 e. The summed E-state index contributed by atoms with van der Waals surface area (Å²) in [5, 5.41) is 0.999. The smallest absolute Gasteiger partial charge is 0.343 e. The van der Waals surface area contributed by atoms with Crippen LogP contribution in [-0.4, -0.2) is 29.4 Å². The van der Waals surface area contributed by atoms with Crippen LogP contribution in [0.1, 0.15) is 42.5 Å². The van der Waals surface area contributed by atoms with E-state index in [1.165, 1.54) is 7.11 Å². The lowest BCUT2D eigenvalue weighted by Gasteiger charge is -2.34. The van der Waals surface area contributed by atoms with Crippen molar-refractivity contribution in [2.45, 2.75) is 45.4 Å². The van der Waals surface area contributed by atoms with Crippen LogP contribution in [0.25, 0.3) is 22.3 Å². The number of hydrogen-bond acceptors (Lipinski definition) is 7. The third kappa shape index (κ3) is 2.27. The van der Waals surface area contributed by atoms with Gasteiger partial charge in [-0.25, -0.2) is 9.78 Å². The molecule has 3 aromatic rings. The maximum absolute atomic E-state index is 13.5. The molecular formula is C24H22N2O6. The molecular weight excluding hydrogens is 412 g/mol. The second kappa shape index (κ2) is 6.56. The van der Waals surface area contributed by atoms with Crippen molar-refractivity contribution < 1.29 is 23.7 Å². The molecule has 1 aromatic carbocycles. The van der Waals surface area contributed by atoms with Crippen molar-refractivity contribution in [2.24, 2.45) is 0 Å². The predicted octanol–water partition coefficient (Wildman–Crippen LogP) is 3.02. The van der Waals surface area contributed by atoms with E-state index in [4.69, 9.17) is 23.9 Å². The van der Waals surface area contributed by atoms with E-state index < -0.39 is 11.6 Å². The monoisotopic (exact) mass is 434 g/mol. The average molecular weight is 434 g/mol. The Bertz CT molecular complexity index is 1390. The summed E-state index contributed by atoms with van der Waals surface area (Å²) >= 11 is 0. The second-order valence-electron chi connectivity index (χ2n) is 8.27. The van der Waals surface area contributed by atoms with E-state index in [0.29, 0.717) is 41.3 Å². The summed E-state index contributed by atoms with van der Waals surface area (Å²) in [5.74, 6) is 0.909. The van der Waals surface area contributed by atoms with Crippen LogP contribution < -0.4 is 15.0 Å². The van der Waals surface area contributed by atoms with Crippen molar-refractivity contribution in [2.75, 3.05) is 13.9 Å². The number of hydrogen-bond donors (Lipinski definition) is 0. The highest BCUT2D eigenvalue weighted by molar-refractivity contribution is 5.91. The molecule has 32 heavy (non-hydrogen) atoms. The van der Waals surface area contributed by atoms with Crippen molar-refractivity contribution in [3.05, 3.63) is 50.8 Å². The molecule has 1 atom stereocenters. The largest absolute Gasteiger partial charge is 0.458 e. The molecule has 6 rings (SSSR count). The topological polar surface area (TPSA) is 88.9 Å². The number of carbonyl (C=O) groups excluding carboxylic acids is 1. The van der Waals surface area contributed by atoms with E-state index in [1.54, 1.807) is 4.57 Å². The molecule has 0 amide bonds. The third-order valence-electron chi connectivity index (χ3n) is 6.97. The lowest BCUT2D eigenvalue weighted by Crippen LogP contribution is -2.45. The van der Waals surface area contributed by atoms with Gasteiger partial charge in [0.1, 0.15) is 6.61 Å². The SMILES string of the molecule is CCc1c2c(nc3cc4c(cc13)OCO4)-c1cc3c(c(=O)n1C2)COC(=O)C3(CC)OC. The Labute approximate surface area is 183 Å². The van der Waals surface area contributed by atoms with Crippen LogP contribution in [0.2, 0.25) is 0 Å². The normalized spacial score (nSPS) is 20.2. The van der Waals surface area contributed by atoms with Crippen LogP contribution in [0.4, 0.5) is 0 Å². The average Bonchev–Trinajstić information content (AvgIpc) is 3.41. The van der Waals surface area contributed by atoms with Crippen LogP contribution in [0.15, 0.2) is 23.0 Å². The Morgan fingerprint density at radius 3 is 2.59 bits per heavy atom. The molecule has 8 heteroatoms. The zero-order valence-corrected chi connectivity index (χ0v) is 18.1. The van der Waals surface area contributed by atoms with E-state index in [9.17, 15) is 9.59 Å². The lowest BCUT2D eigenvalue weighted by molar-refractivity contribution is -0.176. The van der Waals surface area contributed by atoms with Gasteiger partial charge >= 0.3 is 5.97 Å². The summed E-state index contributed by atoms with van der Waals surface area (Å²) in [6, 6.07) is 5.75. The molecule has 3 aliphatic rings. The molecule has 3 aliphatic heterocycles. The first-order chi connectivity index (χ1) is 15.5. The Hall–Kier alpha value is -3.39. The molecule has 1 unspecified atom stereocenters. The van der Waals surface area contributed by atoms with Gasteiger partial charge in [-0.3, -0.25) is 4.79 Å². The molecule has 0 spiro atoms. The van der Waals surface area contributed by atoms with Crippen LogP contribution in [-0.2, 0) is 39.4 Å². The van der Waals surface area contributed by atoms with E-state index in [-0.39, 0.29) is 19.0 Å². The number of rotatable bonds is 3. The number of aromatic nitrogens is 2. The summed E-state index contributed by atoms with van der Waals surface area (Å²) in [7, 11) is 1.47. The number of pyridine rings is 2. The Morgan fingerprint density at radius 2 is 1.88 bits per heavy atom. The summed E-state index contributed by atoms with van der Waals surface area (Å²) < 4.78 is 23.9. The summed E-state index contributed by atoms with van der Waals surface area (Å²) in [6.07, 6.45) is 1.14. The van der Waals surface area contributed by atoms with Crippen molar-refractivity contribution in [1.29, 1.82) is 0 Å². The van der Waals surface area contributed by atoms with Crippen LogP contribution in [0, 0.1) is 0 Å². The van der Waals surface area contributed by atoms with Crippen molar-refractivity contribution in [3.8, 4) is 22.9 Å². The molecule has 0 aliphatic carbocycles. The molecule has 0 fully saturated rings. The highest BCUT2D eigenvalue weighted by Crippen LogP contribution is 2.43. The van der Waals surface area contributed by atoms with E-state index >= 15 is 0 Å². The number of esters is 1. The van der Waals surface area contributed by atoms with Gasteiger partial charge in [0.25, 0.3) is 5.56 Å². The minimum absolute atomic E-state index is 0.0494. The Kier molecular flexibility index (Phi) is 3.96. The van der Waals surface area contributed by atoms with E-state index in [1.807, 2.05) is 25.1 Å². The summed E-state index contributed by atoms with van der Waals surface area (Å²) in [6.45, 7) is 4.52. The molecule has 8 nitrogen and oxygen atoms in total. The van der Waals surface area contributed by atoms with E-state index in [0.717, 1.165) is 34.1 Å². The molecule has 0 N–H and O–H groups in total. The predicted molar refractivity (Wildman–Crippen MR) is 115 cm³/mol. The first-order valence-electron chi connectivity index (χ1n) is 10.8. The highest BCUT2D eigenvalue weighted by Gasteiger charge is 2.47. The van der Waals surface area contributed by atoms with Gasteiger partial charge in [0.15, 0.2) is 17.1 Å². The fourth-order valence-electron chi connectivity index (χ4n) is 5.28. The fourth-order valence-corrected chi connectivity index (χ4v) is 5.28. The van der Waals surface area contributed by atoms with Gasteiger partial charge in [0.2, 0.25) is 6.79 Å². The Balaban J connectivity index is 1.65. The minimum atomic E-state index is -1.29. The number of nitrogens with zero attached hydrogens (tertiary/aromatic N) is 2. The third-order valence-corrected chi connectivity index (χ3v) is 6.97. The summed E-state index contributed by atoms with van der Waals surface area (Å²) in [4.78, 5) is 31.1. The molecule has 0 radical (unpaired) electrons. The van der Waals surface area contributed by atoms with Crippen LogP contribution >= 0.6 is 0 Å². The molecule has 2 aromatic heterocycles. The number of cyclic esters (lactones) is 1. The summed E-state index contributed by atoms with van der Waals surface area (Å²) in [5.41, 5.74) is 3.98. The maximum atomic E-state index is 13.5. The van der Waals surface area contributed by atoms with Crippen molar-refractivity contribution in [3.63, 3.8) is 0 Å². The van der Waals surface area contributed by atoms with Gasteiger partial charge in [-0.2, -0.15) is 0 Å². The lowest BCUT2D eigenvalue weighted by atomic mass is 9.85.